The SMILES string of the molecule is CC1(C)C[C@H](Nc2nc(Nc3cc(F)cc(S(F)(F)(F)(F)F)c3)ncc2F)C[C@@H]2CCCN21. The van der Waals surface area contributed by atoms with Gasteiger partial charge in [-0.05, 0) is 64.3 Å². The van der Waals surface area contributed by atoms with E-state index in [9.17, 15) is 28.2 Å². The number of hydrogen-bond donors (Lipinski definition) is 2. The third kappa shape index (κ3) is 5.29. The average molecular weight is 500 g/mol. The summed E-state index contributed by atoms with van der Waals surface area (Å²) >= 11 is 0. The first-order valence-corrected chi connectivity index (χ1v) is 12.3. The van der Waals surface area contributed by atoms with Crippen LogP contribution in [0, 0.1) is 11.6 Å². The predicted molar refractivity (Wildman–Crippen MR) is 114 cm³/mol. The Morgan fingerprint density at radius 2 is 1.82 bits per heavy atom. The smallest absolute Gasteiger partial charge is 0.310 e. The summed E-state index contributed by atoms with van der Waals surface area (Å²) in [5.74, 6) is -2.84. The van der Waals surface area contributed by atoms with E-state index in [1.807, 2.05) is 0 Å². The van der Waals surface area contributed by atoms with Gasteiger partial charge in [0.2, 0.25) is 5.95 Å². The summed E-state index contributed by atoms with van der Waals surface area (Å²) in [5.41, 5.74) is -0.748. The number of rotatable bonds is 5. The molecule has 3 heterocycles. The second-order valence-corrected chi connectivity index (χ2v) is 11.7. The van der Waals surface area contributed by atoms with Crippen molar-refractivity contribution in [2.45, 2.75) is 62.0 Å². The van der Waals surface area contributed by atoms with Crippen LogP contribution in [-0.2, 0) is 0 Å². The zero-order chi connectivity index (χ0) is 24.3. The summed E-state index contributed by atoms with van der Waals surface area (Å²) in [6, 6.07) is 0.632. The number of aromatic nitrogens is 2. The standard InChI is InChI=1S/C20H24F7N5S/c1-20(2)10-14(8-15-4-3-5-32(15)20)29-18-17(22)11-28-19(31-18)30-13-6-12(21)7-16(9-13)33(23,24,25,26)27/h6-7,9,11,14-15H,3-5,8,10H2,1-2H3,(H2,28,29,30,31)/t14-,15+/m1/s1. The molecule has 2 aliphatic heterocycles. The van der Waals surface area contributed by atoms with Crippen molar-refractivity contribution in [2.75, 3.05) is 17.2 Å². The first-order valence-electron chi connectivity index (χ1n) is 10.4. The molecule has 2 N–H and O–H groups in total. The lowest BCUT2D eigenvalue weighted by Crippen LogP contribution is -2.55. The van der Waals surface area contributed by atoms with Crippen molar-refractivity contribution in [2.24, 2.45) is 0 Å². The van der Waals surface area contributed by atoms with Gasteiger partial charge in [-0.15, -0.1) is 0 Å². The normalized spacial score (nSPS) is 25.1. The Balaban J connectivity index is 1.56. The number of fused-ring (bicyclic) bond motifs is 1. The molecule has 2 aromatic rings. The van der Waals surface area contributed by atoms with Crippen LogP contribution in [0.1, 0.15) is 39.5 Å². The molecule has 5 nitrogen and oxygen atoms in total. The maximum Gasteiger partial charge on any atom is 0.310 e. The third-order valence-electron chi connectivity index (χ3n) is 6.12. The van der Waals surface area contributed by atoms with E-state index in [-0.39, 0.29) is 35.5 Å². The highest BCUT2D eigenvalue weighted by atomic mass is 32.5. The van der Waals surface area contributed by atoms with Crippen molar-refractivity contribution in [1.29, 1.82) is 0 Å². The highest BCUT2D eigenvalue weighted by Crippen LogP contribution is 3.02. The Hall–Kier alpha value is -2.28. The Kier molecular flexibility index (Phi) is 5.14. The van der Waals surface area contributed by atoms with Crippen LogP contribution in [0.25, 0.3) is 0 Å². The minimum atomic E-state index is -10.1. The molecule has 0 bridgehead atoms. The third-order valence-corrected chi connectivity index (χ3v) is 7.24. The predicted octanol–water partition coefficient (Wildman–Crippen LogP) is 6.97. The van der Waals surface area contributed by atoms with Gasteiger partial charge in [-0.2, -0.15) is 4.98 Å². The van der Waals surface area contributed by atoms with Gasteiger partial charge in [0.15, 0.2) is 11.6 Å². The van der Waals surface area contributed by atoms with Crippen molar-refractivity contribution in [3.05, 3.63) is 36.0 Å². The molecule has 0 spiro atoms. The number of benzene rings is 1. The Bertz CT molecular complexity index is 1080. The number of piperidine rings is 1. The summed E-state index contributed by atoms with van der Waals surface area (Å²) in [4.78, 5) is 7.64. The maximum atomic E-state index is 14.4. The molecule has 0 aliphatic carbocycles. The van der Waals surface area contributed by atoms with E-state index in [0.29, 0.717) is 18.5 Å². The van der Waals surface area contributed by atoms with Gasteiger partial charge in [-0.25, -0.2) is 13.8 Å². The van der Waals surface area contributed by atoms with Crippen molar-refractivity contribution < 1.29 is 28.2 Å². The second kappa shape index (κ2) is 7.11. The summed E-state index contributed by atoms with van der Waals surface area (Å²) in [6.45, 7) is 5.24. The van der Waals surface area contributed by atoms with Crippen LogP contribution in [-0.4, -0.2) is 39.0 Å². The molecule has 0 radical (unpaired) electrons. The molecular weight excluding hydrogens is 475 g/mol. The van der Waals surface area contributed by atoms with Gasteiger partial charge in [0.1, 0.15) is 10.7 Å². The lowest BCUT2D eigenvalue weighted by atomic mass is 9.84. The molecule has 0 amide bonds. The second-order valence-electron chi connectivity index (χ2n) is 9.24. The van der Waals surface area contributed by atoms with Crippen molar-refractivity contribution in [3.8, 4) is 0 Å². The summed E-state index contributed by atoms with van der Waals surface area (Å²) in [6.07, 6.45) is 4.41. The monoisotopic (exact) mass is 499 g/mol. The van der Waals surface area contributed by atoms with Crippen LogP contribution in [0.4, 0.5) is 45.7 Å². The summed E-state index contributed by atoms with van der Waals surface area (Å²) in [7, 11) is -10.1. The van der Waals surface area contributed by atoms with Crippen molar-refractivity contribution >= 4 is 27.7 Å². The van der Waals surface area contributed by atoms with Crippen LogP contribution in [0.5, 0.6) is 0 Å². The molecule has 13 heteroatoms. The summed E-state index contributed by atoms with van der Waals surface area (Å²) < 4.78 is 93.5. The number of nitrogens with one attached hydrogen (secondary N) is 2. The van der Waals surface area contributed by atoms with E-state index >= 15 is 0 Å². The highest BCUT2D eigenvalue weighted by Gasteiger charge is 2.65. The highest BCUT2D eigenvalue weighted by molar-refractivity contribution is 8.45. The van der Waals surface area contributed by atoms with Gasteiger partial charge >= 0.3 is 10.2 Å². The van der Waals surface area contributed by atoms with Gasteiger partial charge in [-0.3, -0.25) is 4.90 Å². The van der Waals surface area contributed by atoms with Gasteiger partial charge in [0.25, 0.3) is 0 Å². The fourth-order valence-corrected chi connectivity index (χ4v) is 5.51. The quantitative estimate of drug-likeness (QED) is 0.435. The molecule has 2 aliphatic rings. The summed E-state index contributed by atoms with van der Waals surface area (Å²) in [5, 5.41) is 5.30. The largest absolute Gasteiger partial charge is 0.365 e. The van der Waals surface area contributed by atoms with Gasteiger partial charge in [0, 0.05) is 23.3 Å². The molecule has 33 heavy (non-hydrogen) atoms. The number of halogens is 7. The Morgan fingerprint density at radius 1 is 1.09 bits per heavy atom. The van der Waals surface area contributed by atoms with Crippen LogP contribution in [0.3, 0.4) is 0 Å². The number of nitrogens with zero attached hydrogens (tertiary/aromatic N) is 3. The van der Waals surface area contributed by atoms with Gasteiger partial charge in [0.05, 0.1) is 6.20 Å². The molecule has 2 atom stereocenters. The molecular formula is C20H24F7N5S. The van der Waals surface area contributed by atoms with Crippen LogP contribution < -0.4 is 10.6 Å². The van der Waals surface area contributed by atoms with E-state index < -0.39 is 32.4 Å². The first kappa shape index (κ1) is 23.9. The van der Waals surface area contributed by atoms with E-state index in [1.54, 1.807) is 0 Å². The van der Waals surface area contributed by atoms with Gasteiger partial charge < -0.3 is 10.6 Å². The van der Waals surface area contributed by atoms with Gasteiger partial charge in [-0.1, -0.05) is 19.4 Å². The zero-order valence-corrected chi connectivity index (χ0v) is 18.7. The molecule has 0 unspecified atom stereocenters. The molecule has 2 fully saturated rings. The topological polar surface area (TPSA) is 53.1 Å². The molecule has 184 valence electrons. The van der Waals surface area contributed by atoms with E-state index in [4.69, 9.17) is 0 Å². The van der Waals surface area contributed by atoms with Crippen molar-refractivity contribution in [3.63, 3.8) is 0 Å². The Morgan fingerprint density at radius 3 is 2.52 bits per heavy atom. The minimum Gasteiger partial charge on any atom is -0.365 e. The first-order chi connectivity index (χ1) is 15.0. The van der Waals surface area contributed by atoms with Crippen LogP contribution in [0.2, 0.25) is 0 Å². The number of hydrogen-bond acceptors (Lipinski definition) is 5. The molecule has 1 aromatic heterocycles. The molecule has 1 aromatic carbocycles. The van der Waals surface area contributed by atoms with Crippen LogP contribution >= 0.6 is 10.2 Å². The maximum absolute atomic E-state index is 14.4. The van der Waals surface area contributed by atoms with E-state index in [0.717, 1.165) is 32.0 Å². The number of anilines is 3. The minimum absolute atomic E-state index is 0.0722. The molecule has 2 saturated heterocycles. The van der Waals surface area contributed by atoms with Crippen LogP contribution in [0.15, 0.2) is 29.3 Å². The molecule has 4 rings (SSSR count). The lowest BCUT2D eigenvalue weighted by Gasteiger charge is -2.47. The van der Waals surface area contributed by atoms with E-state index in [1.165, 1.54) is 0 Å². The van der Waals surface area contributed by atoms with E-state index in [2.05, 4.69) is 39.3 Å². The van der Waals surface area contributed by atoms with Crippen molar-refractivity contribution in [1.82, 2.24) is 14.9 Å². The average Bonchev–Trinajstić information content (AvgIpc) is 3.11. The Labute approximate surface area is 186 Å². The molecule has 0 saturated carbocycles. The lowest BCUT2D eigenvalue weighted by molar-refractivity contribution is 0.0500. The fraction of sp³-hybridized carbons (Fsp3) is 0.500. The fourth-order valence-electron chi connectivity index (χ4n) is 4.83. The zero-order valence-electron chi connectivity index (χ0n) is 17.9.